The maximum absolute atomic E-state index is 13.1. The molecule has 3 heterocycles. The molecule has 10 N–H and O–H groups in total. The fraction of sp³-hybridized carbons (Fsp3) is 0.787. The normalized spacial score (nSPS) is 33.6. The lowest BCUT2D eigenvalue weighted by atomic mass is 9.94. The van der Waals surface area contributed by atoms with Gasteiger partial charge in [0.1, 0.15) is 73.1 Å². The van der Waals surface area contributed by atoms with Crippen LogP contribution in [0.3, 0.4) is 0 Å². The van der Waals surface area contributed by atoms with E-state index in [1.54, 1.807) is 0 Å². The molecule has 73 heavy (non-hydrogen) atoms. The van der Waals surface area contributed by atoms with E-state index in [-0.39, 0.29) is 12.3 Å². The van der Waals surface area contributed by atoms with Crippen LogP contribution in [0, 0.1) is 5.92 Å². The minimum Gasteiger partial charge on any atom is -0.756 e. The monoisotopic (exact) mass is 1090 g/mol. The Bertz CT molecular complexity index is 1950. The van der Waals surface area contributed by atoms with Crippen LogP contribution < -0.4 is 20.4 Å². The van der Waals surface area contributed by atoms with Gasteiger partial charge in [-0.15, -0.1) is 0 Å². The summed E-state index contributed by atoms with van der Waals surface area (Å²) >= 11 is 0. The summed E-state index contributed by atoms with van der Waals surface area (Å²) in [4.78, 5) is 50.5. The zero-order chi connectivity index (χ0) is 54.8. The number of aliphatic hydroxyl groups excluding tert-OH is 8. The van der Waals surface area contributed by atoms with Crippen molar-refractivity contribution in [3.05, 3.63) is 46.6 Å². The summed E-state index contributed by atoms with van der Waals surface area (Å²) in [6.45, 7) is 11.2. The van der Waals surface area contributed by atoms with Crippen molar-refractivity contribution >= 4 is 27.5 Å². The van der Waals surface area contributed by atoms with Gasteiger partial charge in [0.25, 0.3) is 15.6 Å². The molecule has 3 aliphatic heterocycles. The first-order chi connectivity index (χ1) is 34.2. The topological polar surface area (TPSA) is 374 Å². The third-order valence-electron chi connectivity index (χ3n) is 12.5. The minimum absolute atomic E-state index is 0.0299. The quantitative estimate of drug-likeness (QED) is 0.0363. The Morgan fingerprint density at radius 3 is 1.49 bits per heavy atom. The van der Waals surface area contributed by atoms with Crippen LogP contribution >= 0.6 is 15.6 Å². The van der Waals surface area contributed by atoms with E-state index in [0.29, 0.717) is 6.42 Å². The first-order valence-corrected chi connectivity index (χ1v) is 27.5. The Kier molecular flexibility index (Phi) is 27.7. The SMILES string of the molecule is CC(=O)N[C@H]1[C@H](O[C@H]2[C@H](O)[C@@H](NC(C)=O)[C@@H](OP(=O)([O-])OP(=O)([O-])OCCC(C)CC/C=C(\C)CC/C=C(\C)CC/C=C(\C)CCC=C(C)C)O[C@@H]2CO)O[C@H](CO)[C@@H](O[C@@H]2O[C@H](CO)[C@@H](O)[C@H](O)[C@@H]2O)[C@@H]1O. The standard InChI is InChI=1S/C47H82N2O22P2/c1-26(2)13-9-14-27(3)15-10-16-28(4)17-11-18-29(5)19-12-20-30(6)21-22-64-72(60,61)71-73(62,63)70-46-37(49-32(8)54)40(57)43(35(25-52)67-46)68-45-36(48-31(7)53)39(56)44(34(24-51)66-45)69-47-42(59)41(58)38(55)33(23-50)65-47/h13,15,17,19,30,33-47,50-52,55-59H,9-12,14,16,18,20-25H2,1-8H3,(H,48,53)(H,49,54)(H,60,61)(H,62,63)/p-2/b27-15+,28-17+,29-19+/t30?,33-,34-,35-,36-,37-,38-,39-,40-,41+,42+,43-,44-,45+,46-,47+/m1/s1. The second-order valence-corrected chi connectivity index (χ2v) is 22.1. The molecule has 24 nitrogen and oxygen atoms in total. The average molecular weight is 1090 g/mol. The summed E-state index contributed by atoms with van der Waals surface area (Å²) in [6, 6.07) is -3.60. The predicted octanol–water partition coefficient (Wildman–Crippen LogP) is 0.661. The lowest BCUT2D eigenvalue weighted by Crippen LogP contribution is -2.70. The number of phosphoric acid groups is 2. The van der Waals surface area contributed by atoms with E-state index in [1.807, 2.05) is 6.92 Å². The molecule has 0 saturated carbocycles. The zero-order valence-corrected chi connectivity index (χ0v) is 44.7. The number of hydrogen-bond donors (Lipinski definition) is 10. The molecule has 0 bridgehead atoms. The highest BCUT2D eigenvalue weighted by Crippen LogP contribution is 2.57. The van der Waals surface area contributed by atoms with Crippen LogP contribution in [-0.2, 0) is 55.8 Å². The van der Waals surface area contributed by atoms with Gasteiger partial charge < -0.3 is 89.5 Å². The highest BCUT2D eigenvalue weighted by molar-refractivity contribution is 7.59. The molecule has 0 spiro atoms. The van der Waals surface area contributed by atoms with Gasteiger partial charge in [-0.3, -0.25) is 23.2 Å². The molecule has 26 heteroatoms. The summed E-state index contributed by atoms with van der Waals surface area (Å²) in [5.41, 5.74) is 5.30. The lowest BCUT2D eigenvalue weighted by Gasteiger charge is -2.50. The van der Waals surface area contributed by atoms with Gasteiger partial charge in [0.05, 0.1) is 26.4 Å². The first-order valence-electron chi connectivity index (χ1n) is 24.5. The predicted molar refractivity (Wildman–Crippen MR) is 257 cm³/mol. The van der Waals surface area contributed by atoms with Gasteiger partial charge in [0, 0.05) is 13.8 Å². The fourth-order valence-corrected chi connectivity index (χ4v) is 10.4. The molecular formula is C47H80N2O22P2-2. The van der Waals surface area contributed by atoms with Gasteiger partial charge in [0.2, 0.25) is 11.8 Å². The molecule has 422 valence electrons. The number of amides is 2. The summed E-state index contributed by atoms with van der Waals surface area (Å²) in [5, 5.41) is 88.8. The van der Waals surface area contributed by atoms with E-state index < -0.39 is 146 Å². The van der Waals surface area contributed by atoms with Crippen molar-refractivity contribution in [2.45, 2.75) is 205 Å². The number of carbonyl (C=O) groups excluding carboxylic acids is 2. The number of ether oxygens (including phenoxy) is 5. The third-order valence-corrected chi connectivity index (χ3v) is 15.0. The zero-order valence-electron chi connectivity index (χ0n) is 42.9. The summed E-state index contributed by atoms with van der Waals surface area (Å²) in [6.07, 6.45) is -7.47. The van der Waals surface area contributed by atoms with Crippen molar-refractivity contribution in [3.63, 3.8) is 0 Å². The molecule has 3 aliphatic rings. The van der Waals surface area contributed by atoms with E-state index in [4.69, 9.17) is 32.7 Å². The van der Waals surface area contributed by atoms with Crippen LogP contribution in [0.1, 0.15) is 113 Å². The van der Waals surface area contributed by atoms with Crippen LogP contribution in [0.2, 0.25) is 0 Å². The molecule has 0 aliphatic carbocycles. The van der Waals surface area contributed by atoms with Gasteiger partial charge in [-0.1, -0.05) is 53.5 Å². The van der Waals surface area contributed by atoms with Gasteiger partial charge in [-0.25, -0.2) is 4.31 Å². The van der Waals surface area contributed by atoms with E-state index in [0.717, 1.165) is 58.8 Å². The average Bonchev–Trinajstić information content (AvgIpc) is 3.29. The van der Waals surface area contributed by atoms with Crippen LogP contribution in [-0.4, -0.2) is 171 Å². The molecule has 2 amide bonds. The summed E-state index contributed by atoms with van der Waals surface area (Å²) < 4.78 is 68.1. The number of nitrogens with one attached hydrogen (secondary N) is 2. The van der Waals surface area contributed by atoms with Crippen molar-refractivity contribution in [2.75, 3.05) is 26.4 Å². The largest absolute Gasteiger partial charge is 0.756 e. The number of carbonyl (C=O) groups is 2. The number of hydrogen-bond acceptors (Lipinski definition) is 22. The molecule has 3 fully saturated rings. The molecule has 3 rings (SSSR count). The first kappa shape index (κ1) is 64.9. The van der Waals surface area contributed by atoms with Crippen LogP contribution in [0.15, 0.2) is 46.6 Å². The van der Waals surface area contributed by atoms with Crippen molar-refractivity contribution in [1.82, 2.24) is 10.6 Å². The second kappa shape index (κ2) is 31.1. The summed E-state index contributed by atoms with van der Waals surface area (Å²) in [5.74, 6) is -1.72. The Balaban J connectivity index is 1.59. The van der Waals surface area contributed by atoms with Crippen molar-refractivity contribution in [3.8, 4) is 0 Å². The van der Waals surface area contributed by atoms with E-state index >= 15 is 0 Å². The molecule has 0 radical (unpaired) electrons. The molecule has 0 aromatic carbocycles. The minimum atomic E-state index is -5.99. The number of phosphoric ester groups is 2. The second-order valence-electron chi connectivity index (χ2n) is 19.2. The van der Waals surface area contributed by atoms with Gasteiger partial charge >= 0.3 is 0 Å². The number of allylic oxidation sites excluding steroid dienone is 8. The Morgan fingerprint density at radius 2 is 1.01 bits per heavy atom. The molecule has 18 atom stereocenters. The Labute approximate surface area is 427 Å². The lowest BCUT2D eigenvalue weighted by molar-refractivity contribution is -0.361. The number of rotatable bonds is 29. The smallest absolute Gasteiger partial charge is 0.276 e. The van der Waals surface area contributed by atoms with Crippen molar-refractivity contribution < 1.29 is 106 Å². The van der Waals surface area contributed by atoms with E-state index in [9.17, 15) is 69.4 Å². The van der Waals surface area contributed by atoms with Crippen LogP contribution in [0.5, 0.6) is 0 Å². The molecule has 3 saturated heterocycles. The molecule has 0 aromatic heterocycles. The molecule has 3 unspecified atom stereocenters. The Morgan fingerprint density at radius 1 is 0.575 bits per heavy atom. The van der Waals surface area contributed by atoms with Gasteiger partial charge in [0.15, 0.2) is 18.9 Å². The van der Waals surface area contributed by atoms with Crippen molar-refractivity contribution in [2.24, 2.45) is 5.92 Å². The molecule has 0 aromatic rings. The Hall–Kier alpha value is -2.36. The third kappa shape index (κ3) is 21.5. The van der Waals surface area contributed by atoms with Crippen molar-refractivity contribution in [1.29, 1.82) is 0 Å². The maximum Gasteiger partial charge on any atom is 0.276 e. The molecular weight excluding hydrogens is 1010 g/mol. The van der Waals surface area contributed by atoms with Gasteiger partial charge in [-0.05, 0) is 98.3 Å². The maximum atomic E-state index is 13.1. The highest BCUT2D eigenvalue weighted by Gasteiger charge is 2.55. The highest BCUT2D eigenvalue weighted by atomic mass is 31.3. The van der Waals surface area contributed by atoms with E-state index in [1.165, 1.54) is 22.3 Å². The van der Waals surface area contributed by atoms with Gasteiger partial charge in [-0.2, -0.15) is 0 Å². The number of aliphatic hydroxyl groups is 8. The van der Waals surface area contributed by atoms with Crippen LogP contribution in [0.25, 0.3) is 0 Å². The van der Waals surface area contributed by atoms with Crippen LogP contribution in [0.4, 0.5) is 0 Å². The van der Waals surface area contributed by atoms with E-state index in [2.05, 4.69) is 73.9 Å². The fourth-order valence-electron chi connectivity index (χ4n) is 8.35. The summed E-state index contributed by atoms with van der Waals surface area (Å²) in [7, 11) is -11.6.